The van der Waals surface area contributed by atoms with E-state index in [0.717, 1.165) is 11.1 Å². The number of hydrogen-bond donors (Lipinski definition) is 2. The Morgan fingerprint density at radius 1 is 0.947 bits per heavy atom. The van der Waals surface area contributed by atoms with E-state index in [9.17, 15) is 14.8 Å². The highest BCUT2D eigenvalue weighted by Crippen LogP contribution is 2.49. The van der Waals surface area contributed by atoms with E-state index in [2.05, 4.69) is 5.32 Å². The van der Waals surface area contributed by atoms with Crippen LogP contribution in [0.1, 0.15) is 59.5 Å². The van der Waals surface area contributed by atoms with Gasteiger partial charge in [0.05, 0.1) is 22.2 Å². The first kappa shape index (κ1) is 12.3. The van der Waals surface area contributed by atoms with Crippen molar-refractivity contribution in [1.82, 2.24) is 10.4 Å². The van der Waals surface area contributed by atoms with E-state index >= 15 is 0 Å². The van der Waals surface area contributed by atoms with E-state index in [1.807, 2.05) is 27.7 Å². The van der Waals surface area contributed by atoms with Crippen LogP contribution in [0, 0.1) is 0 Å². The quantitative estimate of drug-likeness (QED) is 0.697. The fourth-order valence-corrected chi connectivity index (χ4v) is 3.15. The van der Waals surface area contributed by atoms with Crippen LogP contribution in [-0.2, 0) is 11.1 Å². The number of nitrogens with zero attached hydrogens (tertiary/aromatic N) is 1. The van der Waals surface area contributed by atoms with Crippen molar-refractivity contribution in [3.63, 3.8) is 0 Å². The van der Waals surface area contributed by atoms with E-state index in [1.165, 1.54) is 5.06 Å². The smallest absolute Gasteiger partial charge is 0.258 e. The van der Waals surface area contributed by atoms with Gasteiger partial charge in [-0.2, -0.15) is 5.06 Å². The van der Waals surface area contributed by atoms with Gasteiger partial charge in [0.25, 0.3) is 11.8 Å². The molecule has 0 spiro atoms. The number of hydroxylamine groups is 2. The summed E-state index contributed by atoms with van der Waals surface area (Å²) < 4.78 is 0. The Bertz CT molecular complexity index is 579. The third-order valence-corrected chi connectivity index (χ3v) is 4.25. The van der Waals surface area contributed by atoms with E-state index in [1.54, 1.807) is 12.1 Å². The van der Waals surface area contributed by atoms with Crippen LogP contribution >= 0.6 is 0 Å². The van der Waals surface area contributed by atoms with Crippen LogP contribution < -0.4 is 5.32 Å². The number of imide groups is 1. The lowest BCUT2D eigenvalue weighted by Gasteiger charge is -2.34. The zero-order valence-corrected chi connectivity index (χ0v) is 11.4. The van der Waals surface area contributed by atoms with Crippen LogP contribution in [-0.4, -0.2) is 22.1 Å². The summed E-state index contributed by atoms with van der Waals surface area (Å²) in [5.41, 5.74) is 1.34. The SMILES string of the molecule is CC1(C)c2cc3c(cc2C(C)(C)N1O)C(=O)NC3=O. The van der Waals surface area contributed by atoms with Gasteiger partial charge in [0, 0.05) is 0 Å². The average molecular weight is 260 g/mol. The summed E-state index contributed by atoms with van der Waals surface area (Å²) >= 11 is 0. The topological polar surface area (TPSA) is 69.6 Å². The molecule has 2 aliphatic rings. The van der Waals surface area contributed by atoms with E-state index in [0.29, 0.717) is 11.1 Å². The number of carbonyl (C=O) groups is 2. The molecule has 0 bridgehead atoms. The lowest BCUT2D eigenvalue weighted by atomic mass is 9.87. The van der Waals surface area contributed by atoms with E-state index < -0.39 is 11.1 Å². The van der Waals surface area contributed by atoms with Gasteiger partial charge in [-0.1, -0.05) is 0 Å². The first-order chi connectivity index (χ1) is 8.67. The van der Waals surface area contributed by atoms with Crippen molar-refractivity contribution in [2.45, 2.75) is 38.8 Å². The molecule has 5 nitrogen and oxygen atoms in total. The van der Waals surface area contributed by atoms with Crippen molar-refractivity contribution in [2.75, 3.05) is 0 Å². The molecule has 100 valence electrons. The number of benzene rings is 1. The van der Waals surface area contributed by atoms with Crippen LogP contribution in [0.5, 0.6) is 0 Å². The van der Waals surface area contributed by atoms with Crippen LogP contribution in [0.15, 0.2) is 12.1 Å². The molecule has 0 saturated heterocycles. The van der Waals surface area contributed by atoms with E-state index in [4.69, 9.17) is 0 Å². The molecular formula is C14H16N2O3. The second-order valence-electron chi connectivity index (χ2n) is 6.16. The van der Waals surface area contributed by atoms with Gasteiger partial charge in [0.1, 0.15) is 0 Å². The number of rotatable bonds is 0. The average Bonchev–Trinajstić information content (AvgIpc) is 2.67. The Balaban J connectivity index is 2.33. The molecule has 0 radical (unpaired) electrons. The monoisotopic (exact) mass is 260 g/mol. The number of hydrogen-bond acceptors (Lipinski definition) is 4. The standard InChI is InChI=1S/C14H16N2O3/c1-13(2)9-5-7-8(12(18)15-11(7)17)6-10(9)14(3,4)16(13)19/h5-6,19H,1-4H3,(H,15,17,18). The maximum atomic E-state index is 11.7. The molecule has 3 rings (SSSR count). The summed E-state index contributed by atoms with van der Waals surface area (Å²) in [5.74, 6) is -0.736. The van der Waals surface area contributed by atoms with Crippen LogP contribution in [0.25, 0.3) is 0 Å². The molecule has 0 fully saturated rings. The Hall–Kier alpha value is -1.72. The van der Waals surface area contributed by atoms with Crippen LogP contribution in [0.4, 0.5) is 0 Å². The Labute approximate surface area is 111 Å². The first-order valence-electron chi connectivity index (χ1n) is 6.21. The van der Waals surface area contributed by atoms with Gasteiger partial charge >= 0.3 is 0 Å². The molecule has 0 aliphatic carbocycles. The lowest BCUT2D eigenvalue weighted by Crippen LogP contribution is -2.42. The predicted octanol–water partition coefficient (Wildman–Crippen LogP) is 1.75. The second-order valence-corrected chi connectivity index (χ2v) is 6.16. The van der Waals surface area contributed by atoms with Gasteiger partial charge in [-0.3, -0.25) is 14.9 Å². The minimum absolute atomic E-state index is 0.368. The summed E-state index contributed by atoms with van der Waals surface area (Å²) in [6, 6.07) is 3.45. The summed E-state index contributed by atoms with van der Waals surface area (Å²) in [6.45, 7) is 7.56. The van der Waals surface area contributed by atoms with Crippen molar-refractivity contribution >= 4 is 11.8 Å². The highest BCUT2D eigenvalue weighted by Gasteiger charge is 2.50. The van der Waals surface area contributed by atoms with Gasteiger partial charge in [0.2, 0.25) is 0 Å². The minimum atomic E-state index is -0.597. The van der Waals surface area contributed by atoms with Crippen molar-refractivity contribution in [3.05, 3.63) is 34.4 Å². The maximum absolute atomic E-state index is 11.7. The molecule has 2 N–H and O–H groups in total. The van der Waals surface area contributed by atoms with Crippen molar-refractivity contribution in [3.8, 4) is 0 Å². The van der Waals surface area contributed by atoms with Gasteiger partial charge in [-0.25, -0.2) is 0 Å². The summed E-state index contributed by atoms with van der Waals surface area (Å²) in [4.78, 5) is 23.4. The lowest BCUT2D eigenvalue weighted by molar-refractivity contribution is -0.216. The Morgan fingerprint density at radius 2 is 1.32 bits per heavy atom. The largest absolute Gasteiger partial charge is 0.312 e. The molecule has 2 amide bonds. The molecule has 2 aliphatic heterocycles. The molecular weight excluding hydrogens is 244 g/mol. The Morgan fingerprint density at radius 3 is 1.68 bits per heavy atom. The summed E-state index contributed by atoms with van der Waals surface area (Å²) in [6.07, 6.45) is 0. The predicted molar refractivity (Wildman–Crippen MR) is 67.9 cm³/mol. The van der Waals surface area contributed by atoms with Gasteiger partial charge < -0.3 is 5.21 Å². The van der Waals surface area contributed by atoms with Crippen molar-refractivity contribution in [1.29, 1.82) is 0 Å². The van der Waals surface area contributed by atoms with Crippen LogP contribution in [0.2, 0.25) is 0 Å². The molecule has 0 atom stereocenters. The third-order valence-electron chi connectivity index (χ3n) is 4.25. The number of amides is 2. The molecule has 0 aromatic heterocycles. The molecule has 19 heavy (non-hydrogen) atoms. The Kier molecular flexibility index (Phi) is 2.10. The second kappa shape index (κ2) is 3.23. The van der Waals surface area contributed by atoms with Crippen LogP contribution in [0.3, 0.4) is 0 Å². The van der Waals surface area contributed by atoms with Crippen molar-refractivity contribution < 1.29 is 14.8 Å². The minimum Gasteiger partial charge on any atom is -0.312 e. The number of nitrogens with one attached hydrogen (secondary N) is 1. The van der Waals surface area contributed by atoms with Gasteiger partial charge in [-0.05, 0) is 51.0 Å². The van der Waals surface area contributed by atoms with E-state index in [-0.39, 0.29) is 11.8 Å². The number of carbonyl (C=O) groups excluding carboxylic acids is 2. The molecule has 1 aromatic rings. The van der Waals surface area contributed by atoms with Crippen molar-refractivity contribution in [2.24, 2.45) is 0 Å². The molecule has 2 heterocycles. The fourth-order valence-electron chi connectivity index (χ4n) is 3.15. The normalized spacial score (nSPS) is 23.2. The highest BCUT2D eigenvalue weighted by molar-refractivity contribution is 6.21. The number of fused-ring (bicyclic) bond motifs is 2. The molecule has 5 heteroatoms. The highest BCUT2D eigenvalue weighted by atomic mass is 16.5. The zero-order valence-electron chi connectivity index (χ0n) is 11.4. The summed E-state index contributed by atoms with van der Waals surface area (Å²) in [7, 11) is 0. The fraction of sp³-hybridized carbons (Fsp3) is 0.429. The summed E-state index contributed by atoms with van der Waals surface area (Å²) in [5, 5.41) is 13.9. The van der Waals surface area contributed by atoms with Gasteiger partial charge in [0.15, 0.2) is 0 Å². The maximum Gasteiger partial charge on any atom is 0.258 e. The zero-order chi connectivity index (χ0) is 14.2. The molecule has 0 unspecified atom stereocenters. The third kappa shape index (κ3) is 1.31. The van der Waals surface area contributed by atoms with Gasteiger partial charge in [-0.15, -0.1) is 0 Å². The molecule has 0 saturated carbocycles. The molecule has 1 aromatic carbocycles. The first-order valence-corrected chi connectivity index (χ1v) is 6.21.